The molecule has 2 N–H and O–H groups in total. The summed E-state index contributed by atoms with van der Waals surface area (Å²) in [4.78, 5) is 26.0. The van der Waals surface area contributed by atoms with Crippen LogP contribution in [0.5, 0.6) is 0 Å². The number of nitrogens with zero attached hydrogens (tertiary/aromatic N) is 1. The van der Waals surface area contributed by atoms with Crippen LogP contribution in [0.15, 0.2) is 29.2 Å². The molecule has 1 saturated heterocycles. The van der Waals surface area contributed by atoms with Crippen LogP contribution < -0.4 is 10.0 Å². The van der Waals surface area contributed by atoms with Gasteiger partial charge >= 0.3 is 0 Å². The number of hydrogen-bond acceptors (Lipinski definition) is 4. The normalized spacial score (nSPS) is 18.2. The zero-order chi connectivity index (χ0) is 17.9. The summed E-state index contributed by atoms with van der Waals surface area (Å²) >= 11 is 0. The number of carbonyl (C=O) groups excluding carboxylic acids is 2. The van der Waals surface area contributed by atoms with Crippen molar-refractivity contribution in [3.63, 3.8) is 0 Å². The van der Waals surface area contributed by atoms with Crippen molar-refractivity contribution in [3.8, 4) is 0 Å². The summed E-state index contributed by atoms with van der Waals surface area (Å²) in [5.74, 6) is -0.629. The number of hydrogen-bond donors (Lipinski definition) is 2. The van der Waals surface area contributed by atoms with E-state index >= 15 is 0 Å². The third-order valence-electron chi connectivity index (χ3n) is 3.92. The third kappa shape index (κ3) is 4.12. The van der Waals surface area contributed by atoms with Crippen molar-refractivity contribution in [2.45, 2.75) is 38.1 Å². The third-order valence-corrected chi connectivity index (χ3v) is 5.48. The molecule has 132 valence electrons. The summed E-state index contributed by atoms with van der Waals surface area (Å²) in [6, 6.07) is 6.03. The first-order chi connectivity index (χ1) is 11.2. The van der Waals surface area contributed by atoms with Crippen LogP contribution in [0.1, 0.15) is 27.2 Å². The predicted molar refractivity (Wildman–Crippen MR) is 90.9 cm³/mol. The first-order valence-corrected chi connectivity index (χ1v) is 9.43. The zero-order valence-electron chi connectivity index (χ0n) is 14.1. The highest BCUT2D eigenvalue weighted by Crippen LogP contribution is 2.22. The van der Waals surface area contributed by atoms with Crippen LogP contribution in [-0.4, -0.2) is 44.3 Å². The van der Waals surface area contributed by atoms with Crippen molar-refractivity contribution in [3.05, 3.63) is 24.3 Å². The molecule has 0 unspecified atom stereocenters. The highest BCUT2D eigenvalue weighted by molar-refractivity contribution is 7.89. The fraction of sp³-hybridized carbons (Fsp3) is 0.500. The minimum Gasteiger partial charge on any atom is -0.339 e. The second-order valence-electron chi connectivity index (χ2n) is 6.06. The molecule has 0 spiro atoms. The second-order valence-corrected chi connectivity index (χ2v) is 7.82. The molecule has 1 aromatic carbocycles. The van der Waals surface area contributed by atoms with E-state index in [2.05, 4.69) is 10.0 Å². The van der Waals surface area contributed by atoms with Gasteiger partial charge in [-0.3, -0.25) is 9.59 Å². The van der Waals surface area contributed by atoms with E-state index in [-0.39, 0.29) is 35.1 Å². The molecule has 0 saturated carbocycles. The molecular weight excluding hydrogens is 330 g/mol. The molecule has 0 aliphatic carbocycles. The van der Waals surface area contributed by atoms with Crippen LogP contribution in [0.25, 0.3) is 0 Å². The Hall–Kier alpha value is -1.93. The fourth-order valence-electron chi connectivity index (χ4n) is 2.64. The molecular formula is C16H23N3O4S. The zero-order valence-corrected chi connectivity index (χ0v) is 14.9. The maximum absolute atomic E-state index is 12.3. The molecule has 1 fully saturated rings. The van der Waals surface area contributed by atoms with Gasteiger partial charge in [0.2, 0.25) is 21.8 Å². The summed E-state index contributed by atoms with van der Waals surface area (Å²) in [7, 11) is -3.51. The van der Waals surface area contributed by atoms with E-state index in [1.807, 2.05) is 13.8 Å². The van der Waals surface area contributed by atoms with E-state index in [0.29, 0.717) is 18.8 Å². The minimum atomic E-state index is -3.51. The molecule has 1 atom stereocenters. The van der Waals surface area contributed by atoms with Gasteiger partial charge in [0, 0.05) is 31.2 Å². The molecule has 0 radical (unpaired) electrons. The molecule has 1 aliphatic rings. The van der Waals surface area contributed by atoms with E-state index < -0.39 is 10.0 Å². The van der Waals surface area contributed by atoms with E-state index in [9.17, 15) is 18.0 Å². The van der Waals surface area contributed by atoms with Crippen LogP contribution >= 0.6 is 0 Å². The van der Waals surface area contributed by atoms with Crippen molar-refractivity contribution in [1.29, 1.82) is 0 Å². The van der Waals surface area contributed by atoms with Gasteiger partial charge in [-0.05, 0) is 38.1 Å². The Morgan fingerprint density at radius 1 is 1.29 bits per heavy atom. The molecule has 0 bridgehead atoms. The standard InChI is InChI=1S/C16H23N3O4S/c1-4-17-24(22,23)14-7-5-13(6-8-14)18-16(21)12-9-15(20)19(10-12)11(2)3/h5-8,11-12,17H,4,9-10H2,1-3H3,(H,18,21)/t12-/m1/s1. The lowest BCUT2D eigenvalue weighted by Gasteiger charge is -2.20. The number of amides is 2. The molecule has 1 aromatic rings. The van der Waals surface area contributed by atoms with Crippen molar-refractivity contribution >= 4 is 27.5 Å². The number of carbonyl (C=O) groups is 2. The Labute approximate surface area is 142 Å². The smallest absolute Gasteiger partial charge is 0.240 e. The number of anilines is 1. The lowest BCUT2D eigenvalue weighted by atomic mass is 10.1. The maximum atomic E-state index is 12.3. The van der Waals surface area contributed by atoms with Crippen LogP contribution in [0.4, 0.5) is 5.69 Å². The van der Waals surface area contributed by atoms with Gasteiger partial charge < -0.3 is 10.2 Å². The van der Waals surface area contributed by atoms with Crippen LogP contribution in [0.3, 0.4) is 0 Å². The first-order valence-electron chi connectivity index (χ1n) is 7.94. The average Bonchev–Trinajstić information content (AvgIpc) is 2.90. The molecule has 0 aromatic heterocycles. The highest BCUT2D eigenvalue weighted by Gasteiger charge is 2.35. The summed E-state index contributed by atoms with van der Waals surface area (Å²) in [6.45, 7) is 6.26. The van der Waals surface area contributed by atoms with Gasteiger partial charge in [0.15, 0.2) is 0 Å². The van der Waals surface area contributed by atoms with Gasteiger partial charge in [0.1, 0.15) is 0 Å². The Morgan fingerprint density at radius 3 is 2.42 bits per heavy atom. The van der Waals surface area contributed by atoms with Gasteiger partial charge in [0.25, 0.3) is 0 Å². The van der Waals surface area contributed by atoms with Gasteiger partial charge in [-0.1, -0.05) is 6.92 Å². The van der Waals surface area contributed by atoms with E-state index in [1.54, 1.807) is 24.0 Å². The SMILES string of the molecule is CCNS(=O)(=O)c1ccc(NC(=O)[C@@H]2CC(=O)N(C(C)C)C2)cc1. The van der Waals surface area contributed by atoms with Gasteiger partial charge in [-0.2, -0.15) is 0 Å². The van der Waals surface area contributed by atoms with Gasteiger partial charge in [-0.25, -0.2) is 13.1 Å². The molecule has 2 amide bonds. The summed E-state index contributed by atoms with van der Waals surface area (Å²) in [5, 5.41) is 2.74. The lowest BCUT2D eigenvalue weighted by molar-refractivity contribution is -0.129. The molecule has 8 heteroatoms. The quantitative estimate of drug-likeness (QED) is 0.803. The average molecular weight is 353 g/mol. The molecule has 2 rings (SSSR count). The first kappa shape index (κ1) is 18.4. The van der Waals surface area contributed by atoms with Gasteiger partial charge in [-0.15, -0.1) is 0 Å². The minimum absolute atomic E-state index is 0.0165. The van der Waals surface area contributed by atoms with E-state index in [0.717, 1.165) is 0 Å². The Bertz CT molecular complexity index is 713. The molecule has 7 nitrogen and oxygen atoms in total. The van der Waals surface area contributed by atoms with E-state index in [1.165, 1.54) is 12.1 Å². The predicted octanol–water partition coefficient (Wildman–Crippen LogP) is 1.18. The Morgan fingerprint density at radius 2 is 1.92 bits per heavy atom. The van der Waals surface area contributed by atoms with E-state index in [4.69, 9.17) is 0 Å². The van der Waals surface area contributed by atoms with Crippen molar-refractivity contribution < 1.29 is 18.0 Å². The summed E-state index contributed by atoms with van der Waals surface area (Å²) in [5.41, 5.74) is 0.505. The van der Waals surface area contributed by atoms with Crippen molar-refractivity contribution in [2.75, 3.05) is 18.4 Å². The number of likely N-dealkylation sites (tertiary alicyclic amines) is 1. The van der Waals surface area contributed by atoms with Crippen LogP contribution in [0.2, 0.25) is 0 Å². The Balaban J connectivity index is 2.02. The van der Waals surface area contributed by atoms with Crippen molar-refractivity contribution in [1.82, 2.24) is 9.62 Å². The summed E-state index contributed by atoms with van der Waals surface area (Å²) < 4.78 is 26.1. The number of sulfonamides is 1. The fourth-order valence-corrected chi connectivity index (χ4v) is 3.68. The highest BCUT2D eigenvalue weighted by atomic mass is 32.2. The molecule has 1 heterocycles. The van der Waals surface area contributed by atoms with Gasteiger partial charge in [0.05, 0.1) is 10.8 Å². The summed E-state index contributed by atoms with van der Waals surface area (Å²) in [6.07, 6.45) is 0.205. The number of rotatable bonds is 6. The topological polar surface area (TPSA) is 95.6 Å². The monoisotopic (exact) mass is 353 g/mol. The number of benzene rings is 1. The van der Waals surface area contributed by atoms with Crippen LogP contribution in [-0.2, 0) is 19.6 Å². The largest absolute Gasteiger partial charge is 0.339 e. The van der Waals surface area contributed by atoms with Crippen molar-refractivity contribution in [2.24, 2.45) is 5.92 Å². The second kappa shape index (κ2) is 7.31. The number of nitrogens with one attached hydrogen (secondary N) is 2. The lowest BCUT2D eigenvalue weighted by Crippen LogP contribution is -2.33. The molecule has 1 aliphatic heterocycles. The Kier molecular flexibility index (Phi) is 5.61. The molecule has 24 heavy (non-hydrogen) atoms. The van der Waals surface area contributed by atoms with Crippen LogP contribution in [0, 0.1) is 5.92 Å². The maximum Gasteiger partial charge on any atom is 0.240 e.